The molecule has 8 heteroatoms. The van der Waals surface area contributed by atoms with Crippen LogP contribution < -0.4 is 10.3 Å². The second-order valence-corrected chi connectivity index (χ2v) is 9.36. The van der Waals surface area contributed by atoms with Crippen molar-refractivity contribution in [2.45, 2.75) is 39.7 Å². The van der Waals surface area contributed by atoms with E-state index < -0.39 is 28.6 Å². The van der Waals surface area contributed by atoms with Crippen molar-refractivity contribution in [3.63, 3.8) is 0 Å². The van der Waals surface area contributed by atoms with Crippen LogP contribution in [0, 0.1) is 23.0 Å². The third-order valence-electron chi connectivity index (χ3n) is 5.47. The van der Waals surface area contributed by atoms with Gasteiger partial charge in [0.2, 0.25) is 5.43 Å². The van der Waals surface area contributed by atoms with E-state index in [4.69, 9.17) is 0 Å². The second kappa shape index (κ2) is 7.18. The molecule has 2 fully saturated rings. The largest absolute Gasteiger partial charge is 0.477 e. The first-order valence-electron chi connectivity index (χ1n) is 10.1. The number of hydrogen-bond donors (Lipinski definition) is 1. The molecule has 1 aliphatic carbocycles. The number of rotatable bonds is 5. The lowest BCUT2D eigenvalue weighted by Crippen LogP contribution is -2.49. The Morgan fingerprint density at radius 2 is 1.97 bits per heavy atom. The van der Waals surface area contributed by atoms with Gasteiger partial charge in [-0.25, -0.2) is 13.6 Å². The van der Waals surface area contributed by atoms with Crippen molar-refractivity contribution in [3.05, 3.63) is 39.7 Å². The predicted octanol–water partition coefficient (Wildman–Crippen LogP) is 3.87. The van der Waals surface area contributed by atoms with Crippen LogP contribution in [0.1, 0.15) is 50.0 Å². The minimum absolute atomic E-state index is 0.0126. The maximum Gasteiger partial charge on any atom is 0.341 e. The van der Waals surface area contributed by atoms with Crippen LogP contribution in [-0.2, 0) is 0 Å². The van der Waals surface area contributed by atoms with Gasteiger partial charge < -0.3 is 14.6 Å². The highest BCUT2D eigenvalue weighted by molar-refractivity contribution is 5.94. The molecule has 0 atom stereocenters. The van der Waals surface area contributed by atoms with Gasteiger partial charge in [-0.15, -0.1) is 0 Å². The van der Waals surface area contributed by atoms with Gasteiger partial charge in [-0.1, -0.05) is 20.8 Å². The normalized spacial score (nSPS) is 17.7. The molecule has 1 aromatic carbocycles. The number of benzene rings is 1. The highest BCUT2D eigenvalue weighted by atomic mass is 19.1. The van der Waals surface area contributed by atoms with Crippen molar-refractivity contribution >= 4 is 28.8 Å². The van der Waals surface area contributed by atoms with Gasteiger partial charge in [0.15, 0.2) is 5.82 Å². The molecular weight excluding hydrogens is 392 g/mol. The van der Waals surface area contributed by atoms with Crippen LogP contribution in [-0.4, -0.2) is 41.5 Å². The van der Waals surface area contributed by atoms with E-state index in [0.29, 0.717) is 19.6 Å². The molecule has 2 aliphatic rings. The third-order valence-corrected chi connectivity index (χ3v) is 5.47. The molecule has 6 nitrogen and oxygen atoms in total. The van der Waals surface area contributed by atoms with Crippen molar-refractivity contribution in [2.24, 2.45) is 16.3 Å². The summed E-state index contributed by atoms with van der Waals surface area (Å²) in [7, 11) is 0. The zero-order chi connectivity index (χ0) is 21.8. The van der Waals surface area contributed by atoms with E-state index in [1.54, 1.807) is 4.90 Å². The minimum atomic E-state index is -1.40. The molecule has 4 rings (SSSR count). The van der Waals surface area contributed by atoms with Crippen LogP contribution in [0.25, 0.3) is 10.9 Å². The summed E-state index contributed by atoms with van der Waals surface area (Å²) in [6.07, 6.45) is 4.61. The van der Waals surface area contributed by atoms with E-state index >= 15 is 4.39 Å². The number of aliphatic imine (C=N–C) groups is 1. The van der Waals surface area contributed by atoms with Crippen molar-refractivity contribution in [1.82, 2.24) is 4.57 Å². The van der Waals surface area contributed by atoms with Crippen molar-refractivity contribution in [2.75, 3.05) is 24.5 Å². The SMILES string of the molecule is CC(C)(C)C=NCC1CN(c2c(F)cc3c(=O)c(C(=O)O)cn(C4CC4)c3c2F)C1. The lowest BCUT2D eigenvalue weighted by atomic mass is 9.97. The van der Waals surface area contributed by atoms with Crippen molar-refractivity contribution in [3.8, 4) is 0 Å². The summed E-state index contributed by atoms with van der Waals surface area (Å²) in [5.41, 5.74) is -1.52. The lowest BCUT2D eigenvalue weighted by molar-refractivity contribution is 0.0694. The second-order valence-electron chi connectivity index (χ2n) is 9.36. The molecule has 160 valence electrons. The molecule has 0 bridgehead atoms. The predicted molar refractivity (Wildman–Crippen MR) is 112 cm³/mol. The highest BCUT2D eigenvalue weighted by Gasteiger charge is 2.34. The Hall–Kier alpha value is -2.77. The molecule has 0 unspecified atom stereocenters. The van der Waals surface area contributed by atoms with Gasteiger partial charge >= 0.3 is 5.97 Å². The fourth-order valence-corrected chi connectivity index (χ4v) is 3.86. The molecule has 2 aromatic rings. The maximum absolute atomic E-state index is 15.5. The van der Waals surface area contributed by atoms with E-state index in [-0.39, 0.29) is 34.0 Å². The number of carboxylic acids is 1. The molecule has 1 saturated carbocycles. The number of aromatic nitrogens is 1. The van der Waals surface area contributed by atoms with Gasteiger partial charge in [0.05, 0.1) is 10.9 Å². The zero-order valence-electron chi connectivity index (χ0n) is 17.3. The number of carboxylic acid groups (broad SMARTS) is 1. The summed E-state index contributed by atoms with van der Waals surface area (Å²) >= 11 is 0. The van der Waals surface area contributed by atoms with Crippen LogP contribution in [0.5, 0.6) is 0 Å². The van der Waals surface area contributed by atoms with E-state index in [1.807, 2.05) is 6.21 Å². The molecule has 0 amide bonds. The van der Waals surface area contributed by atoms with Crippen LogP contribution in [0.4, 0.5) is 14.5 Å². The monoisotopic (exact) mass is 417 g/mol. The summed E-state index contributed by atoms with van der Waals surface area (Å²) in [6.45, 7) is 7.71. The number of aromatic carboxylic acids is 1. The quantitative estimate of drug-likeness (QED) is 0.750. The van der Waals surface area contributed by atoms with Crippen LogP contribution in [0.15, 0.2) is 22.1 Å². The summed E-state index contributed by atoms with van der Waals surface area (Å²) < 4.78 is 31.8. The average molecular weight is 417 g/mol. The van der Waals surface area contributed by atoms with Gasteiger partial charge in [-0.2, -0.15) is 0 Å². The van der Waals surface area contributed by atoms with Gasteiger partial charge in [-0.05, 0) is 24.3 Å². The maximum atomic E-state index is 15.5. The highest BCUT2D eigenvalue weighted by Crippen LogP contribution is 2.40. The van der Waals surface area contributed by atoms with Gasteiger partial charge in [-0.3, -0.25) is 9.79 Å². The Kier molecular flexibility index (Phi) is 4.91. The summed E-state index contributed by atoms with van der Waals surface area (Å²) in [6, 6.07) is 0.904. The number of hydrogen-bond acceptors (Lipinski definition) is 4. The number of nitrogens with zero attached hydrogens (tertiary/aromatic N) is 3. The first kappa shape index (κ1) is 20.5. The average Bonchev–Trinajstić information content (AvgIpc) is 3.43. The minimum Gasteiger partial charge on any atom is -0.477 e. The molecular formula is C22H25F2N3O3. The van der Waals surface area contributed by atoms with Crippen LogP contribution in [0.3, 0.4) is 0 Å². The zero-order valence-corrected chi connectivity index (χ0v) is 17.3. The third kappa shape index (κ3) is 3.70. The van der Waals surface area contributed by atoms with Crippen molar-refractivity contribution < 1.29 is 18.7 Å². The molecule has 1 N–H and O–H groups in total. The lowest BCUT2D eigenvalue weighted by Gasteiger charge is -2.40. The Morgan fingerprint density at radius 1 is 1.30 bits per heavy atom. The fraction of sp³-hybridized carbons (Fsp3) is 0.500. The summed E-state index contributed by atoms with van der Waals surface area (Å²) in [5, 5.41) is 9.08. The topological polar surface area (TPSA) is 74.9 Å². The molecule has 2 heterocycles. The van der Waals surface area contributed by atoms with Crippen LogP contribution >= 0.6 is 0 Å². The van der Waals surface area contributed by atoms with E-state index in [9.17, 15) is 19.1 Å². The van der Waals surface area contributed by atoms with Crippen molar-refractivity contribution in [1.29, 1.82) is 0 Å². The number of pyridine rings is 1. The van der Waals surface area contributed by atoms with E-state index in [0.717, 1.165) is 18.9 Å². The Morgan fingerprint density at radius 3 is 2.53 bits per heavy atom. The Balaban J connectivity index is 1.69. The summed E-state index contributed by atoms with van der Waals surface area (Å²) in [4.78, 5) is 30.0. The van der Waals surface area contributed by atoms with Gasteiger partial charge in [0.1, 0.15) is 17.1 Å². The number of carbonyl (C=O) groups is 1. The first-order valence-corrected chi connectivity index (χ1v) is 10.1. The summed E-state index contributed by atoms with van der Waals surface area (Å²) in [5.74, 6) is -2.85. The standard InChI is InChI=1S/C22H25F2N3O3/c1-22(2,3)11-25-7-12-8-26(9-12)19-16(23)6-14-18(17(19)24)27(13-4-5-13)10-15(20(14)28)21(29)30/h6,10-13H,4-5,7-9H2,1-3H3,(H,29,30). The van der Waals surface area contributed by atoms with Gasteiger partial charge in [0.25, 0.3) is 0 Å². The number of fused-ring (bicyclic) bond motifs is 1. The molecule has 1 saturated heterocycles. The molecule has 0 radical (unpaired) electrons. The number of halogens is 2. The van der Waals surface area contributed by atoms with E-state index in [2.05, 4.69) is 25.8 Å². The first-order chi connectivity index (χ1) is 14.1. The van der Waals surface area contributed by atoms with Gasteiger partial charge in [0, 0.05) is 44.0 Å². The number of anilines is 1. The Bertz CT molecular complexity index is 1110. The van der Waals surface area contributed by atoms with Crippen LogP contribution in [0.2, 0.25) is 0 Å². The molecule has 0 spiro atoms. The van der Waals surface area contributed by atoms with E-state index in [1.165, 1.54) is 10.8 Å². The molecule has 1 aromatic heterocycles. The molecule has 30 heavy (non-hydrogen) atoms. The smallest absolute Gasteiger partial charge is 0.341 e. The molecule has 1 aliphatic heterocycles. The fourth-order valence-electron chi connectivity index (χ4n) is 3.86. The Labute approximate surface area is 172 Å².